The zero-order valence-electron chi connectivity index (χ0n) is 18.4. The minimum atomic E-state index is -4.62. The van der Waals surface area contributed by atoms with Gasteiger partial charge in [-0.1, -0.05) is 6.07 Å². The maximum atomic E-state index is 14.8. The van der Waals surface area contributed by atoms with E-state index in [0.29, 0.717) is 23.2 Å². The molecule has 1 unspecified atom stereocenters. The fourth-order valence-corrected chi connectivity index (χ4v) is 4.10. The SMILES string of the molecule is Cn1cc(C(F)(F)F)nc1-c1ccc(COc2nc(Cl)nc3c2cnn3C2CCCCO2)cc1F. The van der Waals surface area contributed by atoms with Gasteiger partial charge in [-0.2, -0.15) is 28.2 Å². The quantitative estimate of drug-likeness (QED) is 0.267. The Morgan fingerprint density at radius 3 is 2.71 bits per heavy atom. The Bertz CT molecular complexity index is 1380. The Labute approximate surface area is 201 Å². The molecule has 0 N–H and O–H groups in total. The van der Waals surface area contributed by atoms with Gasteiger partial charge in [0.05, 0.1) is 11.8 Å². The first-order valence-corrected chi connectivity index (χ1v) is 11.1. The molecule has 1 aromatic carbocycles. The first-order chi connectivity index (χ1) is 16.7. The van der Waals surface area contributed by atoms with Crippen molar-refractivity contribution in [2.75, 3.05) is 6.61 Å². The molecule has 0 saturated carbocycles. The molecule has 1 aliphatic heterocycles. The van der Waals surface area contributed by atoms with Gasteiger partial charge in [0.15, 0.2) is 17.6 Å². The third kappa shape index (κ3) is 4.67. The maximum Gasteiger partial charge on any atom is 0.434 e. The van der Waals surface area contributed by atoms with Crippen molar-refractivity contribution in [3.63, 3.8) is 0 Å². The Balaban J connectivity index is 1.37. The molecule has 1 fully saturated rings. The van der Waals surface area contributed by atoms with Crippen LogP contribution >= 0.6 is 11.6 Å². The summed E-state index contributed by atoms with van der Waals surface area (Å²) in [6.07, 6.45) is 0.272. The van der Waals surface area contributed by atoms with Crippen molar-refractivity contribution in [3.05, 3.63) is 53.0 Å². The molecule has 0 bridgehead atoms. The predicted octanol–water partition coefficient (Wildman–Crippen LogP) is 5.32. The zero-order valence-corrected chi connectivity index (χ0v) is 19.1. The largest absolute Gasteiger partial charge is 0.472 e. The Hall–Kier alpha value is -3.25. The average molecular weight is 511 g/mol. The van der Waals surface area contributed by atoms with Crippen molar-refractivity contribution in [1.82, 2.24) is 29.3 Å². The van der Waals surface area contributed by atoms with E-state index < -0.39 is 17.7 Å². The lowest BCUT2D eigenvalue weighted by Gasteiger charge is -2.23. The molecule has 1 aliphatic rings. The van der Waals surface area contributed by atoms with E-state index >= 15 is 0 Å². The van der Waals surface area contributed by atoms with Crippen LogP contribution in [0.15, 0.2) is 30.6 Å². The highest BCUT2D eigenvalue weighted by Gasteiger charge is 2.35. The van der Waals surface area contributed by atoms with E-state index in [9.17, 15) is 17.6 Å². The van der Waals surface area contributed by atoms with Crippen LogP contribution < -0.4 is 4.74 Å². The third-order valence-electron chi connectivity index (χ3n) is 5.64. The Kier molecular flexibility index (Phi) is 6.09. The molecule has 4 heterocycles. The van der Waals surface area contributed by atoms with Crippen molar-refractivity contribution in [3.8, 4) is 17.3 Å². The summed E-state index contributed by atoms with van der Waals surface area (Å²) in [5, 5.41) is 4.85. The molecule has 0 radical (unpaired) electrons. The van der Waals surface area contributed by atoms with E-state index in [-0.39, 0.29) is 35.4 Å². The molecule has 0 spiro atoms. The zero-order chi connectivity index (χ0) is 24.7. The molecule has 8 nitrogen and oxygen atoms in total. The van der Waals surface area contributed by atoms with E-state index in [4.69, 9.17) is 21.1 Å². The molecule has 1 saturated heterocycles. The van der Waals surface area contributed by atoms with E-state index in [0.717, 1.165) is 30.0 Å². The molecule has 35 heavy (non-hydrogen) atoms. The molecule has 3 aromatic heterocycles. The van der Waals surface area contributed by atoms with Crippen molar-refractivity contribution >= 4 is 22.6 Å². The van der Waals surface area contributed by atoms with Gasteiger partial charge in [0, 0.05) is 19.9 Å². The molecule has 5 rings (SSSR count). The maximum absolute atomic E-state index is 14.8. The first-order valence-electron chi connectivity index (χ1n) is 10.7. The van der Waals surface area contributed by atoms with Crippen molar-refractivity contribution in [2.45, 2.75) is 38.3 Å². The summed E-state index contributed by atoms with van der Waals surface area (Å²) in [5.41, 5.74) is -0.260. The van der Waals surface area contributed by atoms with E-state index in [1.807, 2.05) is 0 Å². The van der Waals surface area contributed by atoms with Crippen LogP contribution in [0.5, 0.6) is 5.88 Å². The summed E-state index contributed by atoms with van der Waals surface area (Å²) in [7, 11) is 1.37. The minimum absolute atomic E-state index is 0.0400. The second-order valence-corrected chi connectivity index (χ2v) is 8.44. The molecule has 1 atom stereocenters. The molecule has 4 aromatic rings. The van der Waals surface area contributed by atoms with Gasteiger partial charge in [0.25, 0.3) is 0 Å². The number of rotatable bonds is 5. The number of nitrogens with zero attached hydrogens (tertiary/aromatic N) is 6. The summed E-state index contributed by atoms with van der Waals surface area (Å²) in [6, 6.07) is 4.08. The van der Waals surface area contributed by atoms with Crippen LogP contribution in [0.1, 0.15) is 36.7 Å². The van der Waals surface area contributed by atoms with Crippen LogP contribution in [0.4, 0.5) is 17.6 Å². The number of fused-ring (bicyclic) bond motifs is 1. The predicted molar refractivity (Wildman–Crippen MR) is 117 cm³/mol. The van der Waals surface area contributed by atoms with Crippen LogP contribution in [0.25, 0.3) is 22.4 Å². The lowest BCUT2D eigenvalue weighted by Crippen LogP contribution is -2.19. The number of benzene rings is 1. The first kappa shape index (κ1) is 23.5. The highest BCUT2D eigenvalue weighted by atomic mass is 35.5. The van der Waals surface area contributed by atoms with Crippen molar-refractivity contribution < 1.29 is 27.0 Å². The highest BCUT2D eigenvalue weighted by Crippen LogP contribution is 2.32. The van der Waals surface area contributed by atoms with Crippen LogP contribution in [0.3, 0.4) is 0 Å². The lowest BCUT2D eigenvalue weighted by atomic mass is 10.1. The molecule has 0 amide bonds. The number of imidazole rings is 1. The van der Waals surface area contributed by atoms with Gasteiger partial charge < -0.3 is 14.0 Å². The number of ether oxygens (including phenoxy) is 2. The standard InChI is InChI=1S/C22H19ClF4N6O2/c1-32-10-16(22(25,26)27)29-18(32)13-6-5-12(8-15(13)24)11-35-20-14-9-28-33(17-4-2-3-7-34-17)19(14)30-21(23)31-20/h5-6,8-10,17H,2-4,7,11H2,1H3. The van der Waals surface area contributed by atoms with Crippen LogP contribution in [0, 0.1) is 5.82 Å². The van der Waals surface area contributed by atoms with E-state index in [1.54, 1.807) is 16.9 Å². The van der Waals surface area contributed by atoms with Crippen LogP contribution in [-0.4, -0.2) is 35.9 Å². The summed E-state index contributed by atoms with van der Waals surface area (Å²) in [6.45, 7) is 0.560. The second-order valence-electron chi connectivity index (χ2n) is 8.11. The van der Waals surface area contributed by atoms with Gasteiger partial charge in [-0.3, -0.25) is 0 Å². The van der Waals surface area contributed by atoms with E-state index in [2.05, 4.69) is 20.1 Å². The molecule has 184 valence electrons. The van der Waals surface area contributed by atoms with Crippen LogP contribution in [0.2, 0.25) is 5.28 Å². The second kappa shape index (κ2) is 9.08. The number of alkyl halides is 3. The molecular weight excluding hydrogens is 492 g/mol. The Morgan fingerprint density at radius 1 is 1.20 bits per heavy atom. The van der Waals surface area contributed by atoms with Gasteiger partial charge in [-0.05, 0) is 48.6 Å². The molecule has 13 heteroatoms. The van der Waals surface area contributed by atoms with Gasteiger partial charge >= 0.3 is 6.18 Å². The molecule has 0 aliphatic carbocycles. The number of aryl methyl sites for hydroxylation is 1. The fraction of sp³-hybridized carbons (Fsp3) is 0.364. The highest BCUT2D eigenvalue weighted by molar-refractivity contribution is 6.28. The van der Waals surface area contributed by atoms with Crippen molar-refractivity contribution in [2.24, 2.45) is 7.05 Å². The average Bonchev–Trinajstić information content (AvgIpc) is 3.42. The number of hydrogen-bond acceptors (Lipinski definition) is 6. The number of halogens is 5. The van der Waals surface area contributed by atoms with Gasteiger partial charge in [-0.25, -0.2) is 14.1 Å². The third-order valence-corrected chi connectivity index (χ3v) is 5.81. The minimum Gasteiger partial charge on any atom is -0.472 e. The number of hydrogen-bond donors (Lipinski definition) is 0. The summed E-state index contributed by atoms with van der Waals surface area (Å²) in [4.78, 5) is 11.9. The fourth-order valence-electron chi connectivity index (χ4n) is 3.95. The summed E-state index contributed by atoms with van der Waals surface area (Å²) in [5.74, 6) is -0.698. The summed E-state index contributed by atoms with van der Waals surface area (Å²) < 4.78 is 68.0. The van der Waals surface area contributed by atoms with Gasteiger partial charge in [0.2, 0.25) is 11.2 Å². The van der Waals surface area contributed by atoms with Crippen molar-refractivity contribution in [1.29, 1.82) is 0 Å². The van der Waals surface area contributed by atoms with E-state index in [1.165, 1.54) is 19.2 Å². The topological polar surface area (TPSA) is 79.9 Å². The Morgan fingerprint density at radius 2 is 2.03 bits per heavy atom. The number of aromatic nitrogens is 6. The van der Waals surface area contributed by atoms with Gasteiger partial charge in [-0.15, -0.1) is 0 Å². The smallest absolute Gasteiger partial charge is 0.434 e. The van der Waals surface area contributed by atoms with Crippen LogP contribution in [-0.2, 0) is 24.6 Å². The van der Waals surface area contributed by atoms with Gasteiger partial charge in [0.1, 0.15) is 23.6 Å². The molecular formula is C22H19ClF4N6O2. The summed E-state index contributed by atoms with van der Waals surface area (Å²) >= 11 is 6.10. The normalized spacial score (nSPS) is 16.7. The monoisotopic (exact) mass is 510 g/mol. The lowest BCUT2D eigenvalue weighted by molar-refractivity contribution is -0.140.